The number of hydrogen-bond acceptors (Lipinski definition) is 8. The fourth-order valence-corrected chi connectivity index (χ4v) is 4.88. The number of thioether (sulfide) groups is 1. The first-order valence-corrected chi connectivity index (χ1v) is 14.2. The molecule has 3 aliphatic rings. The van der Waals surface area contributed by atoms with Gasteiger partial charge in [0.25, 0.3) is 12.3 Å². The zero-order valence-electron chi connectivity index (χ0n) is 22.8. The average Bonchev–Trinajstić information content (AvgIpc) is 3.70. The number of anilines is 1. The number of amides is 2. The normalized spacial score (nSPS) is 20.0. The van der Waals surface area contributed by atoms with Gasteiger partial charge in [-0.3, -0.25) is 30.2 Å². The number of carbonyl (C=O) groups is 2. The summed E-state index contributed by atoms with van der Waals surface area (Å²) in [6.07, 6.45) is 3.07. The van der Waals surface area contributed by atoms with Crippen LogP contribution >= 0.6 is 11.8 Å². The van der Waals surface area contributed by atoms with E-state index in [1.165, 1.54) is 37.3 Å². The number of ether oxygens (including phenoxy) is 1. The molecule has 40 heavy (non-hydrogen) atoms. The van der Waals surface area contributed by atoms with Gasteiger partial charge in [-0.05, 0) is 49.1 Å². The molecule has 0 aromatic carbocycles. The molecule has 2 aliphatic heterocycles. The third-order valence-electron chi connectivity index (χ3n) is 6.41. The summed E-state index contributed by atoms with van der Waals surface area (Å²) >= 11 is 1.27. The van der Waals surface area contributed by atoms with Crippen molar-refractivity contribution >= 4 is 34.6 Å². The van der Waals surface area contributed by atoms with Gasteiger partial charge in [0.1, 0.15) is 17.3 Å². The molecule has 2 N–H and O–H groups in total. The molecule has 12 heteroatoms. The Morgan fingerprint density at radius 1 is 1.18 bits per heavy atom. The minimum atomic E-state index is -2.83. The molecule has 5 rings (SSSR count). The molecule has 2 unspecified atom stereocenters. The Hall–Kier alpha value is -3.72. The number of alkyl halides is 2. The number of hydrogen-bond donors (Lipinski definition) is 2. The Morgan fingerprint density at radius 3 is 2.65 bits per heavy atom. The number of carbonyl (C=O) groups excluding carboxylic acids is 2. The molecule has 0 radical (unpaired) electrons. The van der Waals surface area contributed by atoms with Crippen molar-refractivity contribution in [2.75, 3.05) is 18.6 Å². The molecule has 4 heterocycles. The Morgan fingerprint density at radius 2 is 1.95 bits per heavy atom. The monoisotopic (exact) mass is 570 g/mol. The number of pyridine rings is 2. The first-order chi connectivity index (χ1) is 19.3. The van der Waals surface area contributed by atoms with E-state index in [0.717, 1.165) is 19.3 Å². The molecule has 1 saturated heterocycles. The van der Waals surface area contributed by atoms with Crippen molar-refractivity contribution in [3.8, 4) is 28.7 Å². The van der Waals surface area contributed by atoms with Crippen LogP contribution in [0.15, 0.2) is 29.6 Å². The summed E-state index contributed by atoms with van der Waals surface area (Å²) in [6, 6.07) is 2.75. The van der Waals surface area contributed by atoms with Crippen molar-refractivity contribution in [1.29, 1.82) is 0 Å². The Balaban J connectivity index is 0.00000181. The number of nitrogens with one attached hydrogen (secondary N) is 2. The summed E-state index contributed by atoms with van der Waals surface area (Å²) < 4.78 is 32.5. The van der Waals surface area contributed by atoms with Gasteiger partial charge in [0.15, 0.2) is 10.5 Å². The van der Waals surface area contributed by atoms with Crippen molar-refractivity contribution in [3.05, 3.63) is 35.8 Å². The molecule has 1 aliphatic carbocycles. The van der Waals surface area contributed by atoms with Gasteiger partial charge >= 0.3 is 0 Å². The molecular formula is C28H32F2N6O3S. The standard InChI is InChI=1S/C26H26F2N6O3S.C2H6/c1-14-3-8-23(35)34(13-14)21-10-16(17-9-19(24(27)28)29-12-20(17)37-2)18(11-30-21)25(36)31-26-33-32-22(38-26)7-6-15-4-5-15;1-2/h9-12,14-15,22,24,32H,3-5,8,13H2,1-2H3,(H,31,33,36);1-2H3. The lowest BCUT2D eigenvalue weighted by atomic mass is 9.97. The van der Waals surface area contributed by atoms with Crippen molar-refractivity contribution in [1.82, 2.24) is 20.7 Å². The van der Waals surface area contributed by atoms with Crippen LogP contribution in [0.3, 0.4) is 0 Å². The highest BCUT2D eigenvalue weighted by Gasteiger charge is 2.29. The van der Waals surface area contributed by atoms with E-state index < -0.39 is 18.0 Å². The first kappa shape index (κ1) is 29.3. The van der Waals surface area contributed by atoms with E-state index >= 15 is 0 Å². The second kappa shape index (κ2) is 13.1. The van der Waals surface area contributed by atoms with Crippen LogP contribution < -0.4 is 20.4 Å². The Kier molecular flexibility index (Phi) is 9.58. The summed E-state index contributed by atoms with van der Waals surface area (Å²) in [5.74, 6) is 6.86. The number of rotatable bonds is 5. The number of piperidine rings is 1. The Bertz CT molecular complexity index is 1360. The van der Waals surface area contributed by atoms with Crippen molar-refractivity contribution in [3.63, 3.8) is 0 Å². The maximum Gasteiger partial charge on any atom is 0.280 e. The fraction of sp³-hybridized carbons (Fsp3) is 0.464. The zero-order chi connectivity index (χ0) is 28.8. The van der Waals surface area contributed by atoms with Gasteiger partial charge in [-0.15, -0.1) is 0 Å². The predicted octanol–water partition coefficient (Wildman–Crippen LogP) is 4.96. The van der Waals surface area contributed by atoms with Crippen LogP contribution in [0.1, 0.15) is 68.9 Å². The first-order valence-electron chi connectivity index (χ1n) is 13.3. The number of amidine groups is 1. The van der Waals surface area contributed by atoms with E-state index in [1.807, 2.05) is 20.8 Å². The van der Waals surface area contributed by atoms with E-state index in [1.54, 1.807) is 11.0 Å². The number of methoxy groups -OCH3 is 1. The predicted molar refractivity (Wildman–Crippen MR) is 151 cm³/mol. The van der Waals surface area contributed by atoms with E-state index in [0.29, 0.717) is 29.9 Å². The number of halogens is 2. The van der Waals surface area contributed by atoms with Gasteiger partial charge < -0.3 is 4.74 Å². The van der Waals surface area contributed by atoms with E-state index in [9.17, 15) is 18.4 Å². The fourth-order valence-electron chi connectivity index (χ4n) is 4.16. The molecule has 2 amide bonds. The second-order valence-corrected chi connectivity index (χ2v) is 10.5. The lowest BCUT2D eigenvalue weighted by Crippen LogP contribution is -2.39. The number of aromatic nitrogens is 2. The van der Waals surface area contributed by atoms with Gasteiger partial charge in [0.05, 0.1) is 18.9 Å². The third-order valence-corrected chi connectivity index (χ3v) is 7.28. The Labute approximate surface area is 236 Å². The highest BCUT2D eigenvalue weighted by atomic mass is 32.2. The van der Waals surface area contributed by atoms with E-state index in [4.69, 9.17) is 4.74 Å². The van der Waals surface area contributed by atoms with Crippen molar-refractivity contribution in [2.24, 2.45) is 16.9 Å². The molecule has 212 valence electrons. The number of hydrazone groups is 1. The largest absolute Gasteiger partial charge is 0.494 e. The average molecular weight is 571 g/mol. The molecule has 9 nitrogen and oxygen atoms in total. The lowest BCUT2D eigenvalue weighted by Gasteiger charge is -2.30. The van der Waals surface area contributed by atoms with Crippen LogP contribution in [0.5, 0.6) is 5.75 Å². The SMILES string of the molecule is CC.COc1cnc(C(F)F)cc1-c1cc(N2CC(C)CCC2=O)ncc1C(=O)NC1=NNC(C#CC2CC2)S1. The molecule has 2 fully saturated rings. The third kappa shape index (κ3) is 6.88. The molecule has 0 spiro atoms. The second-order valence-electron chi connectivity index (χ2n) is 9.41. The molecule has 1 saturated carbocycles. The van der Waals surface area contributed by atoms with Crippen LogP contribution in [-0.4, -0.2) is 46.0 Å². The number of nitrogens with zero attached hydrogens (tertiary/aromatic N) is 4. The van der Waals surface area contributed by atoms with Gasteiger partial charge in [-0.2, -0.15) is 5.10 Å². The summed E-state index contributed by atoms with van der Waals surface area (Å²) in [7, 11) is 1.39. The highest BCUT2D eigenvalue weighted by Crippen LogP contribution is 2.37. The van der Waals surface area contributed by atoms with E-state index in [-0.39, 0.29) is 39.6 Å². The van der Waals surface area contributed by atoms with Crippen LogP contribution in [0.2, 0.25) is 0 Å². The van der Waals surface area contributed by atoms with E-state index in [2.05, 4.69) is 37.7 Å². The van der Waals surface area contributed by atoms with Crippen LogP contribution in [0.25, 0.3) is 11.1 Å². The highest BCUT2D eigenvalue weighted by molar-refractivity contribution is 8.14. The topological polar surface area (TPSA) is 109 Å². The maximum absolute atomic E-state index is 13.6. The van der Waals surface area contributed by atoms with Gasteiger partial charge in [0, 0.05) is 36.2 Å². The lowest BCUT2D eigenvalue weighted by molar-refractivity contribution is -0.120. The maximum atomic E-state index is 13.6. The summed E-state index contributed by atoms with van der Waals surface area (Å²) in [4.78, 5) is 35.8. The summed E-state index contributed by atoms with van der Waals surface area (Å²) in [5.41, 5.74) is 3.03. The van der Waals surface area contributed by atoms with Crippen molar-refractivity contribution in [2.45, 2.75) is 58.3 Å². The van der Waals surface area contributed by atoms with Gasteiger partial charge in [0.2, 0.25) is 5.91 Å². The minimum Gasteiger partial charge on any atom is -0.494 e. The van der Waals surface area contributed by atoms with Gasteiger partial charge in [-0.25, -0.2) is 13.8 Å². The van der Waals surface area contributed by atoms with Gasteiger partial charge in [-0.1, -0.05) is 32.6 Å². The summed E-state index contributed by atoms with van der Waals surface area (Å²) in [6.45, 7) is 6.51. The molecular weight excluding hydrogens is 538 g/mol. The van der Waals surface area contributed by atoms with Crippen LogP contribution in [0.4, 0.5) is 14.6 Å². The molecule has 2 aromatic heterocycles. The van der Waals surface area contributed by atoms with Crippen LogP contribution in [0, 0.1) is 23.7 Å². The minimum absolute atomic E-state index is 0.0881. The van der Waals surface area contributed by atoms with Crippen LogP contribution in [-0.2, 0) is 4.79 Å². The zero-order valence-corrected chi connectivity index (χ0v) is 23.6. The quantitative estimate of drug-likeness (QED) is 0.490. The van der Waals surface area contributed by atoms with Crippen molar-refractivity contribution < 1.29 is 23.1 Å². The molecule has 2 atom stereocenters. The summed E-state index contributed by atoms with van der Waals surface area (Å²) in [5, 5.41) is 6.96. The molecule has 2 aromatic rings. The smallest absolute Gasteiger partial charge is 0.280 e. The molecule has 0 bridgehead atoms.